The van der Waals surface area contributed by atoms with E-state index >= 15 is 0 Å². The van der Waals surface area contributed by atoms with Gasteiger partial charge in [0.2, 0.25) is 11.8 Å². The minimum atomic E-state index is 0.191. The highest BCUT2D eigenvalue weighted by Gasteiger charge is 2.11. The molecule has 0 amide bonds. The molecule has 0 fully saturated rings. The fraction of sp³-hybridized carbons (Fsp3) is 0.167. The summed E-state index contributed by atoms with van der Waals surface area (Å²) < 4.78 is 10.8. The third-order valence-corrected chi connectivity index (χ3v) is 2.58. The van der Waals surface area contributed by atoms with Crippen molar-refractivity contribution in [3.63, 3.8) is 0 Å². The minimum absolute atomic E-state index is 0.191. The first-order chi connectivity index (χ1) is 9.10. The number of aromatic nitrogens is 2. The lowest BCUT2D eigenvalue weighted by Crippen LogP contribution is -2.02. The maximum atomic E-state index is 5.88. The molecule has 0 bridgehead atoms. The number of nitrogens with zero attached hydrogens (tertiary/aromatic N) is 2. The van der Waals surface area contributed by atoms with E-state index in [2.05, 4.69) is 9.97 Å². The molecule has 2 rings (SSSR count). The number of anilines is 1. The second kappa shape index (κ2) is 5.95. The van der Waals surface area contributed by atoms with E-state index in [1.54, 1.807) is 18.2 Å². The van der Waals surface area contributed by atoms with Crippen molar-refractivity contribution >= 4 is 28.9 Å². The topological polar surface area (TPSA) is 70.3 Å². The van der Waals surface area contributed by atoms with Gasteiger partial charge in [-0.25, -0.2) is 0 Å². The lowest BCUT2D eigenvalue weighted by molar-refractivity contribution is 0.325. The molecule has 1 aromatic carbocycles. The molecule has 0 unspecified atom stereocenters. The lowest BCUT2D eigenvalue weighted by atomic mass is 10.3. The summed E-state index contributed by atoms with van der Waals surface area (Å²) in [6.07, 6.45) is 1.31. The molecule has 0 radical (unpaired) electrons. The van der Waals surface area contributed by atoms with Gasteiger partial charge in [0.25, 0.3) is 0 Å². The summed E-state index contributed by atoms with van der Waals surface area (Å²) in [5.41, 5.74) is 6.08. The Morgan fingerprint density at radius 1 is 1.11 bits per heavy atom. The van der Waals surface area contributed by atoms with Crippen LogP contribution in [0.25, 0.3) is 0 Å². The summed E-state index contributed by atoms with van der Waals surface area (Å²) in [6.45, 7) is 2.28. The molecule has 100 valence electrons. The van der Waals surface area contributed by atoms with Gasteiger partial charge in [-0.05, 0) is 25.1 Å². The summed E-state index contributed by atoms with van der Waals surface area (Å²) >= 11 is 11.8. The fourth-order valence-electron chi connectivity index (χ4n) is 1.40. The summed E-state index contributed by atoms with van der Waals surface area (Å²) in [5.74, 6) is 0.905. The van der Waals surface area contributed by atoms with Crippen LogP contribution in [0.4, 0.5) is 5.69 Å². The fourth-order valence-corrected chi connectivity index (χ4v) is 1.90. The maximum absolute atomic E-state index is 5.88. The zero-order valence-electron chi connectivity index (χ0n) is 10.1. The van der Waals surface area contributed by atoms with Crippen LogP contribution in [0.5, 0.6) is 17.5 Å². The smallest absolute Gasteiger partial charge is 0.249 e. The standard InChI is InChI=1S/C12H11Cl2N3O2/c1-2-18-11-10(15)12(17-6-16-11)19-9-4-7(13)3-8(14)5-9/h3-6H,2,15H2,1H3. The molecule has 1 aromatic heterocycles. The Kier molecular flexibility index (Phi) is 4.29. The molecular weight excluding hydrogens is 289 g/mol. The summed E-state index contributed by atoms with van der Waals surface area (Å²) in [6, 6.07) is 4.82. The molecule has 0 aliphatic rings. The van der Waals surface area contributed by atoms with E-state index in [1.807, 2.05) is 6.92 Å². The van der Waals surface area contributed by atoms with Crippen LogP contribution < -0.4 is 15.2 Å². The average molecular weight is 300 g/mol. The van der Waals surface area contributed by atoms with Gasteiger partial charge in [-0.2, -0.15) is 9.97 Å². The molecule has 2 N–H and O–H groups in total. The van der Waals surface area contributed by atoms with Gasteiger partial charge in [-0.15, -0.1) is 0 Å². The largest absolute Gasteiger partial charge is 0.476 e. The van der Waals surface area contributed by atoms with E-state index in [9.17, 15) is 0 Å². The number of hydrogen-bond donors (Lipinski definition) is 1. The first-order valence-electron chi connectivity index (χ1n) is 5.47. The first kappa shape index (κ1) is 13.7. The Morgan fingerprint density at radius 3 is 2.37 bits per heavy atom. The Bertz CT molecular complexity index is 573. The number of nitrogens with two attached hydrogens (primary N) is 1. The molecule has 0 aliphatic carbocycles. The highest BCUT2D eigenvalue weighted by atomic mass is 35.5. The number of nitrogen functional groups attached to an aromatic ring is 1. The van der Waals surface area contributed by atoms with Gasteiger partial charge in [0.1, 0.15) is 12.1 Å². The third-order valence-electron chi connectivity index (χ3n) is 2.14. The highest BCUT2D eigenvalue weighted by Crippen LogP contribution is 2.32. The first-order valence-corrected chi connectivity index (χ1v) is 6.23. The molecule has 5 nitrogen and oxygen atoms in total. The molecule has 0 saturated carbocycles. The van der Waals surface area contributed by atoms with E-state index < -0.39 is 0 Å². The molecule has 2 aromatic rings. The van der Waals surface area contributed by atoms with E-state index in [0.717, 1.165) is 0 Å². The molecule has 7 heteroatoms. The molecule has 19 heavy (non-hydrogen) atoms. The SMILES string of the molecule is CCOc1ncnc(Oc2cc(Cl)cc(Cl)c2)c1N. The molecule has 0 aliphatic heterocycles. The van der Waals surface area contributed by atoms with Gasteiger partial charge in [0.15, 0.2) is 5.69 Å². The Morgan fingerprint density at radius 2 is 1.74 bits per heavy atom. The molecule has 0 saturated heterocycles. The lowest BCUT2D eigenvalue weighted by Gasteiger charge is -2.10. The quantitative estimate of drug-likeness (QED) is 0.935. The van der Waals surface area contributed by atoms with Crippen molar-refractivity contribution in [3.05, 3.63) is 34.6 Å². The van der Waals surface area contributed by atoms with Crippen molar-refractivity contribution in [3.8, 4) is 17.5 Å². The van der Waals surface area contributed by atoms with Gasteiger partial charge in [0, 0.05) is 10.0 Å². The predicted molar refractivity (Wildman–Crippen MR) is 74.1 cm³/mol. The van der Waals surface area contributed by atoms with Crippen LogP contribution in [0.1, 0.15) is 6.92 Å². The van der Waals surface area contributed by atoms with Crippen LogP contribution in [0.2, 0.25) is 10.0 Å². The Hall–Kier alpha value is -1.72. The highest BCUT2D eigenvalue weighted by molar-refractivity contribution is 6.34. The van der Waals surface area contributed by atoms with Crippen molar-refractivity contribution < 1.29 is 9.47 Å². The number of hydrogen-bond acceptors (Lipinski definition) is 5. The van der Waals surface area contributed by atoms with Crippen LogP contribution in [0, 0.1) is 0 Å². The van der Waals surface area contributed by atoms with Gasteiger partial charge in [0.05, 0.1) is 6.61 Å². The third kappa shape index (κ3) is 3.39. The van der Waals surface area contributed by atoms with Crippen LogP contribution in [0.15, 0.2) is 24.5 Å². The second-order valence-corrected chi connectivity index (χ2v) is 4.41. The van der Waals surface area contributed by atoms with Crippen molar-refractivity contribution in [1.82, 2.24) is 9.97 Å². The zero-order valence-corrected chi connectivity index (χ0v) is 11.6. The second-order valence-electron chi connectivity index (χ2n) is 3.54. The van der Waals surface area contributed by atoms with Gasteiger partial charge >= 0.3 is 0 Å². The number of rotatable bonds is 4. The van der Waals surface area contributed by atoms with Gasteiger partial charge in [-0.1, -0.05) is 23.2 Å². The van der Waals surface area contributed by atoms with Crippen LogP contribution in [0.3, 0.4) is 0 Å². The predicted octanol–water partition coefficient (Wildman–Crippen LogP) is 3.56. The summed E-state index contributed by atoms with van der Waals surface area (Å²) in [5, 5.41) is 0.917. The van der Waals surface area contributed by atoms with Crippen molar-refractivity contribution in [2.24, 2.45) is 0 Å². The molecule has 0 spiro atoms. The van der Waals surface area contributed by atoms with E-state index in [1.165, 1.54) is 6.33 Å². The van der Waals surface area contributed by atoms with Crippen molar-refractivity contribution in [2.45, 2.75) is 6.92 Å². The Balaban J connectivity index is 2.30. The molecule has 1 heterocycles. The summed E-state index contributed by atoms with van der Waals surface area (Å²) in [4.78, 5) is 7.87. The van der Waals surface area contributed by atoms with Gasteiger partial charge < -0.3 is 15.2 Å². The van der Waals surface area contributed by atoms with E-state index in [0.29, 0.717) is 22.4 Å². The van der Waals surface area contributed by atoms with Crippen LogP contribution >= 0.6 is 23.2 Å². The van der Waals surface area contributed by atoms with Gasteiger partial charge in [-0.3, -0.25) is 0 Å². The molecular formula is C12H11Cl2N3O2. The van der Waals surface area contributed by atoms with Crippen molar-refractivity contribution in [2.75, 3.05) is 12.3 Å². The number of ether oxygens (including phenoxy) is 2. The number of benzene rings is 1. The monoisotopic (exact) mass is 299 g/mol. The average Bonchev–Trinajstić information content (AvgIpc) is 2.33. The normalized spacial score (nSPS) is 10.3. The molecule has 0 atom stereocenters. The Labute approximate surface area is 120 Å². The van der Waals surface area contributed by atoms with E-state index in [-0.39, 0.29) is 17.4 Å². The van der Waals surface area contributed by atoms with Crippen LogP contribution in [-0.4, -0.2) is 16.6 Å². The van der Waals surface area contributed by atoms with Crippen molar-refractivity contribution in [1.29, 1.82) is 0 Å². The van der Waals surface area contributed by atoms with E-state index in [4.69, 9.17) is 38.4 Å². The summed E-state index contributed by atoms with van der Waals surface area (Å²) in [7, 11) is 0. The zero-order chi connectivity index (χ0) is 13.8. The minimum Gasteiger partial charge on any atom is -0.476 e. The maximum Gasteiger partial charge on any atom is 0.249 e. The van der Waals surface area contributed by atoms with Crippen LogP contribution in [-0.2, 0) is 0 Å². The number of halogens is 2.